The lowest BCUT2D eigenvalue weighted by molar-refractivity contribution is -0.121. The molecule has 2 aromatic carbocycles. The third-order valence-electron chi connectivity index (χ3n) is 6.79. The quantitative estimate of drug-likeness (QED) is 0.567. The predicted octanol–water partition coefficient (Wildman–Crippen LogP) is 6.00. The van der Waals surface area contributed by atoms with Crippen LogP contribution in [0.4, 0.5) is 0 Å². The van der Waals surface area contributed by atoms with Crippen LogP contribution < -0.4 is 5.32 Å². The molecule has 5 heteroatoms. The first-order chi connectivity index (χ1) is 14.5. The smallest absolute Gasteiger partial charge is 0.217 e. The number of hydrogen-bond acceptors (Lipinski definition) is 2. The molecule has 2 fully saturated rings. The van der Waals surface area contributed by atoms with E-state index in [1.54, 1.807) is 6.92 Å². The third-order valence-corrected chi connectivity index (χ3v) is 7.53. The summed E-state index contributed by atoms with van der Waals surface area (Å²) in [6.07, 6.45) is 5.67. The van der Waals surface area contributed by atoms with Crippen LogP contribution in [0.1, 0.15) is 56.1 Å². The number of hydrogen-bond donors (Lipinski definition) is 1. The summed E-state index contributed by atoms with van der Waals surface area (Å²) in [5.74, 6) is 1.47. The highest BCUT2D eigenvalue weighted by Gasteiger charge is 2.39. The van der Waals surface area contributed by atoms with Crippen LogP contribution in [0.15, 0.2) is 48.5 Å². The molecule has 1 aliphatic carbocycles. The van der Waals surface area contributed by atoms with Crippen LogP contribution in [0.5, 0.6) is 0 Å². The first kappa shape index (κ1) is 21.7. The highest BCUT2D eigenvalue weighted by Crippen LogP contribution is 2.51. The van der Waals surface area contributed by atoms with Crippen LogP contribution in [0.25, 0.3) is 0 Å². The topological polar surface area (TPSA) is 32.3 Å². The molecular formula is C25H30Cl2N2O. The molecule has 4 rings (SSSR count). The van der Waals surface area contributed by atoms with Gasteiger partial charge in [-0.2, -0.15) is 0 Å². The van der Waals surface area contributed by atoms with Gasteiger partial charge in [0.05, 0.1) is 15.6 Å². The molecule has 2 atom stereocenters. The van der Waals surface area contributed by atoms with Gasteiger partial charge in [0.25, 0.3) is 0 Å². The van der Waals surface area contributed by atoms with Gasteiger partial charge >= 0.3 is 0 Å². The lowest BCUT2D eigenvalue weighted by Gasteiger charge is -2.42. The number of piperidine rings is 1. The molecular weight excluding hydrogens is 415 g/mol. The van der Waals surface area contributed by atoms with Gasteiger partial charge in [-0.15, -0.1) is 0 Å². The van der Waals surface area contributed by atoms with Gasteiger partial charge in [-0.3, -0.25) is 4.79 Å². The summed E-state index contributed by atoms with van der Waals surface area (Å²) in [5.41, 5.74) is 2.33. The zero-order valence-corrected chi connectivity index (χ0v) is 19.1. The Morgan fingerprint density at radius 1 is 1.10 bits per heavy atom. The van der Waals surface area contributed by atoms with Crippen molar-refractivity contribution in [2.45, 2.75) is 50.5 Å². The van der Waals surface area contributed by atoms with Gasteiger partial charge in [0, 0.05) is 20.0 Å². The molecule has 0 spiro atoms. The fraction of sp³-hybridized carbons (Fsp3) is 0.480. The number of carbonyl (C=O) groups excluding carboxylic acids is 1. The van der Waals surface area contributed by atoms with E-state index in [1.807, 2.05) is 18.2 Å². The van der Waals surface area contributed by atoms with Crippen molar-refractivity contribution >= 4 is 29.1 Å². The number of halogens is 2. The molecule has 30 heavy (non-hydrogen) atoms. The maximum Gasteiger partial charge on any atom is 0.217 e. The number of carbonyl (C=O) groups is 1. The Bertz CT molecular complexity index is 878. The number of amides is 1. The molecule has 3 nitrogen and oxygen atoms in total. The molecule has 0 radical (unpaired) electrons. The Morgan fingerprint density at radius 2 is 1.83 bits per heavy atom. The number of benzene rings is 2. The van der Waals surface area contributed by atoms with Crippen molar-refractivity contribution < 1.29 is 4.79 Å². The molecule has 1 heterocycles. The molecule has 1 saturated carbocycles. The monoisotopic (exact) mass is 444 g/mol. The van der Waals surface area contributed by atoms with E-state index < -0.39 is 0 Å². The van der Waals surface area contributed by atoms with Crippen molar-refractivity contribution in [3.8, 4) is 0 Å². The largest absolute Gasteiger partial charge is 0.347 e. The second-order valence-corrected chi connectivity index (χ2v) is 9.70. The fourth-order valence-corrected chi connectivity index (χ4v) is 5.34. The standard InChI is InChI=1S/C25H30Cl2N2O/c1-18(30)28-25(21-7-3-2-4-8-21)11-14-29(15-12-25)13-5-6-19-16-22(19)20-9-10-23(26)24(27)17-20/h2-4,7-10,17,19,22H,5-6,11-16H2,1H3,(H,28,30)/t19-,22+/m1/s1. The van der Waals surface area contributed by atoms with Gasteiger partial charge in [0.1, 0.15) is 0 Å². The fourth-order valence-electron chi connectivity index (χ4n) is 5.03. The normalized spacial score (nSPS) is 23.2. The summed E-state index contributed by atoms with van der Waals surface area (Å²) >= 11 is 12.2. The molecule has 0 aromatic heterocycles. The molecule has 0 unspecified atom stereocenters. The Labute approximate surface area is 189 Å². The summed E-state index contributed by atoms with van der Waals surface area (Å²) in [5, 5.41) is 4.56. The molecule has 0 bridgehead atoms. The van der Waals surface area contributed by atoms with Crippen molar-refractivity contribution in [2.75, 3.05) is 19.6 Å². The lowest BCUT2D eigenvalue weighted by Crippen LogP contribution is -2.52. The van der Waals surface area contributed by atoms with Gasteiger partial charge in [-0.1, -0.05) is 59.6 Å². The van der Waals surface area contributed by atoms with E-state index >= 15 is 0 Å². The van der Waals surface area contributed by atoms with Crippen LogP contribution in [0.2, 0.25) is 10.0 Å². The second-order valence-electron chi connectivity index (χ2n) is 8.89. The Hall–Kier alpha value is -1.55. The highest BCUT2D eigenvalue weighted by atomic mass is 35.5. The Balaban J connectivity index is 1.25. The van der Waals surface area contributed by atoms with E-state index in [9.17, 15) is 4.79 Å². The van der Waals surface area contributed by atoms with Crippen molar-refractivity contribution in [3.63, 3.8) is 0 Å². The molecule has 2 aromatic rings. The molecule has 1 N–H and O–H groups in total. The summed E-state index contributed by atoms with van der Waals surface area (Å²) in [7, 11) is 0. The minimum atomic E-state index is -0.223. The average molecular weight is 445 g/mol. The maximum atomic E-state index is 11.9. The van der Waals surface area contributed by atoms with E-state index in [-0.39, 0.29) is 11.4 Å². The average Bonchev–Trinajstić information content (AvgIpc) is 3.51. The van der Waals surface area contributed by atoms with Gasteiger partial charge in [-0.05, 0) is 73.7 Å². The maximum absolute atomic E-state index is 11.9. The first-order valence-electron chi connectivity index (χ1n) is 11.0. The highest BCUT2D eigenvalue weighted by molar-refractivity contribution is 6.42. The van der Waals surface area contributed by atoms with Gasteiger partial charge in [0.2, 0.25) is 5.91 Å². The predicted molar refractivity (Wildman–Crippen MR) is 124 cm³/mol. The first-order valence-corrected chi connectivity index (χ1v) is 11.7. The second kappa shape index (κ2) is 9.30. The molecule has 1 amide bonds. The zero-order chi connectivity index (χ0) is 21.1. The number of nitrogens with one attached hydrogen (secondary N) is 1. The van der Waals surface area contributed by atoms with E-state index in [4.69, 9.17) is 23.2 Å². The summed E-state index contributed by atoms with van der Waals surface area (Å²) in [6, 6.07) is 16.5. The van der Waals surface area contributed by atoms with Crippen LogP contribution in [-0.2, 0) is 10.3 Å². The molecule has 2 aliphatic rings. The van der Waals surface area contributed by atoms with E-state index in [1.165, 1.54) is 30.4 Å². The lowest BCUT2D eigenvalue weighted by atomic mass is 9.80. The zero-order valence-electron chi connectivity index (χ0n) is 17.5. The Morgan fingerprint density at radius 3 is 2.50 bits per heavy atom. The van der Waals surface area contributed by atoms with Crippen molar-refractivity contribution in [2.24, 2.45) is 5.92 Å². The van der Waals surface area contributed by atoms with Crippen LogP contribution in [0.3, 0.4) is 0 Å². The summed E-state index contributed by atoms with van der Waals surface area (Å²) in [4.78, 5) is 14.4. The summed E-state index contributed by atoms with van der Waals surface area (Å²) in [6.45, 7) is 4.80. The molecule has 1 saturated heterocycles. The van der Waals surface area contributed by atoms with E-state index in [0.717, 1.165) is 38.4 Å². The number of likely N-dealkylation sites (tertiary alicyclic amines) is 1. The summed E-state index contributed by atoms with van der Waals surface area (Å²) < 4.78 is 0. The minimum Gasteiger partial charge on any atom is -0.347 e. The van der Waals surface area contributed by atoms with Gasteiger partial charge in [-0.25, -0.2) is 0 Å². The van der Waals surface area contributed by atoms with Crippen molar-refractivity contribution in [3.05, 3.63) is 69.7 Å². The van der Waals surface area contributed by atoms with Crippen molar-refractivity contribution in [1.82, 2.24) is 10.2 Å². The molecule has 160 valence electrons. The Kier molecular flexibility index (Phi) is 6.72. The number of rotatable bonds is 7. The van der Waals surface area contributed by atoms with Crippen LogP contribution in [0, 0.1) is 5.92 Å². The minimum absolute atomic E-state index is 0.0504. The van der Waals surface area contributed by atoms with Crippen LogP contribution >= 0.6 is 23.2 Å². The van der Waals surface area contributed by atoms with E-state index in [0.29, 0.717) is 16.0 Å². The SMILES string of the molecule is CC(=O)NC1(c2ccccc2)CCN(CCC[C@@H]2C[C@@H]2c2ccc(Cl)c(Cl)c2)CC1. The van der Waals surface area contributed by atoms with Crippen LogP contribution in [-0.4, -0.2) is 30.4 Å². The number of nitrogens with zero attached hydrogens (tertiary/aromatic N) is 1. The van der Waals surface area contributed by atoms with Gasteiger partial charge in [0.15, 0.2) is 0 Å². The van der Waals surface area contributed by atoms with Crippen molar-refractivity contribution in [1.29, 1.82) is 0 Å². The molecule has 1 aliphatic heterocycles. The van der Waals surface area contributed by atoms with E-state index in [2.05, 4.69) is 40.5 Å². The van der Waals surface area contributed by atoms with Gasteiger partial charge < -0.3 is 10.2 Å². The third kappa shape index (κ3) is 5.01.